The van der Waals surface area contributed by atoms with Gasteiger partial charge in [-0.2, -0.15) is 0 Å². The van der Waals surface area contributed by atoms with E-state index in [1.54, 1.807) is 0 Å². The highest BCUT2D eigenvalue weighted by Crippen LogP contribution is 2.46. The van der Waals surface area contributed by atoms with Crippen LogP contribution in [0.15, 0.2) is 60.7 Å². The van der Waals surface area contributed by atoms with Gasteiger partial charge in [-0.3, -0.25) is 10.8 Å². The molecule has 7 aromatic rings. The van der Waals surface area contributed by atoms with Gasteiger partial charge in [0.15, 0.2) is 0 Å². The first-order chi connectivity index (χ1) is 12.7. The molecule has 2 heteroatoms. The van der Waals surface area contributed by atoms with E-state index >= 15 is 0 Å². The fourth-order valence-corrected chi connectivity index (χ4v) is 5.07. The molecule has 2 nitrogen and oxygen atoms in total. The first-order valence-corrected chi connectivity index (χ1v) is 8.80. The van der Waals surface area contributed by atoms with Crippen molar-refractivity contribution in [2.45, 2.75) is 0 Å². The van der Waals surface area contributed by atoms with Gasteiger partial charge in [0.25, 0.3) is 0 Å². The van der Waals surface area contributed by atoms with Crippen molar-refractivity contribution in [2.75, 3.05) is 0 Å². The maximum atomic E-state index is 8.58. The minimum Gasteiger partial charge on any atom is -0.298 e. The highest BCUT2D eigenvalue weighted by atomic mass is 14.4. The Labute approximate surface area is 147 Å². The Kier molecular flexibility index (Phi) is 1.89. The summed E-state index contributed by atoms with van der Waals surface area (Å²) in [4.78, 5) is 0. The Bertz CT molecular complexity index is 1620. The van der Waals surface area contributed by atoms with Gasteiger partial charge in [-0.1, -0.05) is 60.7 Å². The minimum absolute atomic E-state index is 0.331. The fourth-order valence-electron chi connectivity index (χ4n) is 5.07. The number of rotatable bonds is 0. The van der Waals surface area contributed by atoms with E-state index in [9.17, 15) is 0 Å². The van der Waals surface area contributed by atoms with Crippen molar-refractivity contribution in [3.8, 4) is 0 Å². The van der Waals surface area contributed by atoms with Crippen LogP contribution in [0.1, 0.15) is 0 Å². The molecule has 0 bridgehead atoms. The summed E-state index contributed by atoms with van der Waals surface area (Å²) in [5.41, 5.74) is 0. The molecular formula is C24H12N2. The molecule has 0 aliphatic rings. The van der Waals surface area contributed by atoms with E-state index in [0.29, 0.717) is 10.7 Å². The zero-order chi connectivity index (χ0) is 17.2. The molecule has 2 N–H and O–H groups in total. The minimum atomic E-state index is 0.331. The average Bonchev–Trinajstić information content (AvgIpc) is 2.69. The largest absolute Gasteiger partial charge is 0.298 e. The molecule has 0 atom stereocenters. The van der Waals surface area contributed by atoms with Gasteiger partial charge in [0.05, 0.1) is 10.7 Å². The van der Waals surface area contributed by atoms with Crippen LogP contribution in [0.5, 0.6) is 0 Å². The molecule has 0 saturated carbocycles. The van der Waals surface area contributed by atoms with Crippen LogP contribution in [0, 0.1) is 10.8 Å². The molecular weight excluding hydrogens is 316 g/mol. The van der Waals surface area contributed by atoms with Crippen LogP contribution >= 0.6 is 0 Å². The topological polar surface area (TPSA) is 47.7 Å². The van der Waals surface area contributed by atoms with Crippen LogP contribution in [-0.2, 0) is 0 Å². The first-order valence-electron chi connectivity index (χ1n) is 8.80. The molecule has 7 rings (SSSR count). The van der Waals surface area contributed by atoms with Crippen LogP contribution in [0.3, 0.4) is 0 Å². The molecule has 0 aromatic heterocycles. The summed E-state index contributed by atoms with van der Waals surface area (Å²) in [6.07, 6.45) is 0. The van der Waals surface area contributed by atoms with Gasteiger partial charge in [-0.05, 0) is 43.1 Å². The standard InChI is InChI=1S/C24H12N2/c25-23-15-9-7-13-5-3-11-1-2-12-4-6-14-8-10-16(24(23)26)22-20(14)18(12)17(11)19(13)21(15)22/h1-10,25-26H. The molecule has 7 aromatic carbocycles. The highest BCUT2D eigenvalue weighted by Gasteiger charge is 2.21. The van der Waals surface area contributed by atoms with E-state index in [0.717, 1.165) is 21.5 Å². The van der Waals surface area contributed by atoms with Crippen molar-refractivity contribution in [1.29, 1.82) is 10.8 Å². The smallest absolute Gasteiger partial charge is 0.0874 e. The van der Waals surface area contributed by atoms with Crippen molar-refractivity contribution >= 4 is 64.6 Å². The second-order valence-electron chi connectivity index (χ2n) is 7.32. The summed E-state index contributed by atoms with van der Waals surface area (Å²) >= 11 is 0. The molecule has 0 heterocycles. The maximum Gasteiger partial charge on any atom is 0.0874 e. The molecule has 0 spiro atoms. The fraction of sp³-hybridized carbons (Fsp3) is 0. The van der Waals surface area contributed by atoms with Crippen LogP contribution in [0.2, 0.25) is 0 Å². The van der Waals surface area contributed by atoms with E-state index in [4.69, 9.17) is 10.8 Å². The lowest BCUT2D eigenvalue weighted by Crippen LogP contribution is -2.24. The SMILES string of the molecule is N=c1c(=N)c2ccc3ccc4ccc5ccc6ccc1c1c6c5c4c3c21. The molecule has 0 aliphatic carbocycles. The summed E-state index contributed by atoms with van der Waals surface area (Å²) in [5, 5.41) is 31.9. The Hall–Kier alpha value is -3.52. The zero-order valence-corrected chi connectivity index (χ0v) is 13.8. The third-order valence-electron chi connectivity index (χ3n) is 6.17. The molecule has 0 aliphatic heterocycles. The van der Waals surface area contributed by atoms with Crippen molar-refractivity contribution in [3.05, 3.63) is 71.4 Å². The summed E-state index contributed by atoms with van der Waals surface area (Å²) in [6.45, 7) is 0. The quantitative estimate of drug-likeness (QED) is 0.280. The molecule has 0 fully saturated rings. The zero-order valence-electron chi connectivity index (χ0n) is 13.8. The Morgan fingerprint density at radius 1 is 0.346 bits per heavy atom. The number of nitrogens with one attached hydrogen (secondary N) is 2. The number of hydrogen-bond acceptors (Lipinski definition) is 2. The van der Waals surface area contributed by atoms with E-state index in [1.807, 2.05) is 12.1 Å². The lowest BCUT2D eigenvalue weighted by molar-refractivity contribution is 1.18. The summed E-state index contributed by atoms with van der Waals surface area (Å²) in [5.74, 6) is 0. The van der Waals surface area contributed by atoms with Gasteiger partial charge in [0.2, 0.25) is 0 Å². The molecule has 0 saturated heterocycles. The average molecular weight is 328 g/mol. The van der Waals surface area contributed by atoms with Crippen molar-refractivity contribution in [1.82, 2.24) is 0 Å². The molecule has 118 valence electrons. The van der Waals surface area contributed by atoms with Gasteiger partial charge < -0.3 is 0 Å². The summed E-state index contributed by atoms with van der Waals surface area (Å²) in [7, 11) is 0. The Morgan fingerprint density at radius 2 is 0.615 bits per heavy atom. The Morgan fingerprint density at radius 3 is 0.962 bits per heavy atom. The van der Waals surface area contributed by atoms with E-state index in [1.165, 1.54) is 43.1 Å². The van der Waals surface area contributed by atoms with Gasteiger partial charge in [0, 0.05) is 21.5 Å². The second kappa shape index (κ2) is 3.83. The monoisotopic (exact) mass is 328 g/mol. The van der Waals surface area contributed by atoms with Crippen molar-refractivity contribution in [2.24, 2.45) is 0 Å². The van der Waals surface area contributed by atoms with Gasteiger partial charge in [-0.25, -0.2) is 0 Å². The molecule has 26 heavy (non-hydrogen) atoms. The van der Waals surface area contributed by atoms with E-state index in [-0.39, 0.29) is 0 Å². The number of benzene rings is 7. The summed E-state index contributed by atoms with van der Waals surface area (Å²) < 4.78 is 0. The molecule has 0 unspecified atom stereocenters. The Balaban J connectivity index is 2.14. The molecule has 0 radical (unpaired) electrons. The van der Waals surface area contributed by atoms with Crippen LogP contribution < -0.4 is 10.7 Å². The van der Waals surface area contributed by atoms with E-state index in [2.05, 4.69) is 48.5 Å². The third kappa shape index (κ3) is 1.17. The predicted molar refractivity (Wildman–Crippen MR) is 108 cm³/mol. The lowest BCUT2D eigenvalue weighted by Gasteiger charge is -2.20. The van der Waals surface area contributed by atoms with Crippen LogP contribution in [-0.4, -0.2) is 0 Å². The van der Waals surface area contributed by atoms with Crippen molar-refractivity contribution in [3.63, 3.8) is 0 Å². The van der Waals surface area contributed by atoms with Gasteiger partial charge >= 0.3 is 0 Å². The first kappa shape index (κ1) is 12.8. The molecule has 0 amide bonds. The third-order valence-corrected chi connectivity index (χ3v) is 6.17. The van der Waals surface area contributed by atoms with Crippen molar-refractivity contribution < 1.29 is 0 Å². The predicted octanol–water partition coefficient (Wildman–Crippen LogP) is 5.32. The van der Waals surface area contributed by atoms with Gasteiger partial charge in [-0.15, -0.1) is 0 Å². The number of hydrogen-bond donors (Lipinski definition) is 2. The van der Waals surface area contributed by atoms with Crippen LogP contribution in [0.4, 0.5) is 0 Å². The maximum absolute atomic E-state index is 8.58. The highest BCUT2D eigenvalue weighted by molar-refractivity contribution is 6.44. The lowest BCUT2D eigenvalue weighted by atomic mass is 9.82. The van der Waals surface area contributed by atoms with Crippen LogP contribution in [0.25, 0.3) is 64.6 Å². The normalized spacial score (nSPS) is 12.9. The summed E-state index contributed by atoms with van der Waals surface area (Å²) in [6, 6.07) is 21.4. The second-order valence-corrected chi connectivity index (χ2v) is 7.32. The van der Waals surface area contributed by atoms with E-state index < -0.39 is 0 Å². The van der Waals surface area contributed by atoms with Gasteiger partial charge in [0.1, 0.15) is 0 Å².